The zero-order chi connectivity index (χ0) is 29.9. The van der Waals surface area contributed by atoms with E-state index in [1.165, 1.54) is 18.2 Å². The number of carbonyl (C=O) groups is 2. The van der Waals surface area contributed by atoms with Gasteiger partial charge in [-0.3, -0.25) is 9.69 Å². The first-order valence-electron chi connectivity index (χ1n) is 14.2. The van der Waals surface area contributed by atoms with Gasteiger partial charge in [-0.15, -0.1) is 0 Å². The van der Waals surface area contributed by atoms with Gasteiger partial charge in [-0.1, -0.05) is 54.6 Å². The Morgan fingerprint density at radius 2 is 1.69 bits per heavy atom. The lowest BCUT2D eigenvalue weighted by Gasteiger charge is -2.24. The number of aromatic amines is 1. The molecule has 7 nitrogen and oxygen atoms in total. The number of H-pyrrole nitrogens is 1. The number of nitrogens with zero attached hydrogens (tertiary/aromatic N) is 1. The first-order chi connectivity index (χ1) is 20.1. The van der Waals surface area contributed by atoms with Crippen LogP contribution in [-0.2, 0) is 11.3 Å². The van der Waals surface area contributed by atoms with Crippen LogP contribution in [0.4, 0.5) is 13.6 Å². The largest absolute Gasteiger partial charge is 0.444 e. The van der Waals surface area contributed by atoms with E-state index < -0.39 is 23.3 Å². The number of para-hydroxylation sites is 1. The van der Waals surface area contributed by atoms with Crippen LogP contribution in [0.25, 0.3) is 22.0 Å². The highest BCUT2D eigenvalue weighted by molar-refractivity contribution is 6.09. The average Bonchev–Trinajstić information content (AvgIpc) is 3.53. The zero-order valence-corrected chi connectivity index (χ0v) is 24.0. The first-order valence-corrected chi connectivity index (χ1v) is 14.2. The maximum Gasteiger partial charge on any atom is 0.407 e. The molecule has 1 aromatic heterocycles. The van der Waals surface area contributed by atoms with E-state index in [1.807, 2.05) is 39.0 Å². The fourth-order valence-corrected chi connectivity index (χ4v) is 5.57. The third kappa shape index (κ3) is 6.97. The SMILES string of the molecule is CC(C)(C)OC(=O)NC[C@H]1C[C@@H](CNC(=O)c2[nH]c3c(F)cccc3c2-c2ccc(F)cc2)N(Cc2ccccc2)C1. The van der Waals surface area contributed by atoms with Crippen LogP contribution in [0.2, 0.25) is 0 Å². The monoisotopic (exact) mass is 574 g/mol. The molecule has 3 aromatic carbocycles. The maximum absolute atomic E-state index is 14.7. The number of fused-ring (bicyclic) bond motifs is 1. The Morgan fingerprint density at radius 1 is 0.952 bits per heavy atom. The minimum absolute atomic E-state index is 0.00924. The van der Waals surface area contributed by atoms with E-state index in [1.54, 1.807) is 24.3 Å². The van der Waals surface area contributed by atoms with Gasteiger partial charge in [0.25, 0.3) is 5.91 Å². The third-order valence-corrected chi connectivity index (χ3v) is 7.42. The molecule has 0 saturated carbocycles. The smallest absolute Gasteiger partial charge is 0.407 e. The van der Waals surface area contributed by atoms with Gasteiger partial charge in [-0.25, -0.2) is 13.6 Å². The second-order valence-electron chi connectivity index (χ2n) is 11.8. The highest BCUT2D eigenvalue weighted by atomic mass is 19.1. The molecule has 2 amide bonds. The number of hydrogen-bond donors (Lipinski definition) is 3. The quantitative estimate of drug-likeness (QED) is 0.232. The molecule has 9 heteroatoms. The summed E-state index contributed by atoms with van der Waals surface area (Å²) in [5.74, 6) is -1.08. The van der Waals surface area contributed by atoms with Crippen LogP contribution >= 0.6 is 0 Å². The fourth-order valence-electron chi connectivity index (χ4n) is 5.57. The van der Waals surface area contributed by atoms with E-state index >= 15 is 0 Å². The summed E-state index contributed by atoms with van der Waals surface area (Å²) in [6.45, 7) is 7.73. The Labute approximate surface area is 244 Å². The number of aromatic nitrogens is 1. The van der Waals surface area contributed by atoms with Gasteiger partial charge in [0.1, 0.15) is 22.9 Å². The molecular weight excluding hydrogens is 538 g/mol. The molecular formula is C33H36F2N4O3. The van der Waals surface area contributed by atoms with Gasteiger partial charge >= 0.3 is 6.09 Å². The van der Waals surface area contributed by atoms with E-state index in [4.69, 9.17) is 4.74 Å². The molecule has 2 atom stereocenters. The molecule has 3 N–H and O–H groups in total. The molecule has 1 saturated heterocycles. The van der Waals surface area contributed by atoms with Crippen molar-refractivity contribution in [1.29, 1.82) is 0 Å². The maximum atomic E-state index is 14.7. The number of rotatable bonds is 8. The van der Waals surface area contributed by atoms with E-state index in [0.717, 1.165) is 18.5 Å². The highest BCUT2D eigenvalue weighted by Gasteiger charge is 2.33. The Bertz CT molecular complexity index is 1550. The normalized spacial score (nSPS) is 17.4. The number of alkyl carbamates (subject to hydrolysis) is 1. The van der Waals surface area contributed by atoms with Crippen molar-refractivity contribution in [2.24, 2.45) is 5.92 Å². The number of carbonyl (C=O) groups excluding carboxylic acids is 2. The lowest BCUT2D eigenvalue weighted by Crippen LogP contribution is -2.40. The van der Waals surface area contributed by atoms with Gasteiger partial charge in [-0.2, -0.15) is 0 Å². The summed E-state index contributed by atoms with van der Waals surface area (Å²) in [7, 11) is 0. The number of ether oxygens (including phenoxy) is 1. The van der Waals surface area contributed by atoms with Crippen molar-refractivity contribution in [3.05, 3.63) is 95.7 Å². The molecule has 0 bridgehead atoms. The molecule has 2 heterocycles. The Kier molecular flexibility index (Phi) is 8.59. The van der Waals surface area contributed by atoms with Crippen molar-refractivity contribution < 1.29 is 23.1 Å². The number of hydrogen-bond acceptors (Lipinski definition) is 4. The van der Waals surface area contributed by atoms with Crippen LogP contribution in [0.5, 0.6) is 0 Å². The molecule has 220 valence electrons. The van der Waals surface area contributed by atoms with E-state index in [-0.39, 0.29) is 29.1 Å². The Balaban J connectivity index is 1.33. The van der Waals surface area contributed by atoms with Crippen LogP contribution in [-0.4, -0.2) is 53.2 Å². The van der Waals surface area contributed by atoms with Gasteiger partial charge in [0.05, 0.1) is 5.52 Å². The zero-order valence-electron chi connectivity index (χ0n) is 24.0. The van der Waals surface area contributed by atoms with Crippen LogP contribution in [0.3, 0.4) is 0 Å². The molecule has 0 spiro atoms. The number of benzene rings is 3. The molecule has 0 unspecified atom stereocenters. The van der Waals surface area contributed by atoms with Crippen LogP contribution in [0.1, 0.15) is 43.2 Å². The Hall–Kier alpha value is -4.24. The number of amides is 2. The van der Waals surface area contributed by atoms with Gasteiger partial charge in [0.2, 0.25) is 0 Å². The highest BCUT2D eigenvalue weighted by Crippen LogP contribution is 2.34. The van der Waals surface area contributed by atoms with E-state index in [9.17, 15) is 18.4 Å². The number of nitrogens with one attached hydrogen (secondary N) is 3. The molecule has 1 fully saturated rings. The third-order valence-electron chi connectivity index (χ3n) is 7.42. The van der Waals surface area contributed by atoms with Gasteiger partial charge in [0.15, 0.2) is 0 Å². The van der Waals surface area contributed by atoms with Crippen LogP contribution in [0, 0.1) is 17.6 Å². The predicted molar refractivity (Wildman–Crippen MR) is 159 cm³/mol. The summed E-state index contributed by atoms with van der Waals surface area (Å²) < 4.78 is 33.8. The predicted octanol–water partition coefficient (Wildman–Crippen LogP) is 6.26. The van der Waals surface area contributed by atoms with Crippen molar-refractivity contribution in [2.75, 3.05) is 19.6 Å². The topological polar surface area (TPSA) is 86.5 Å². The van der Waals surface area contributed by atoms with E-state index in [2.05, 4.69) is 32.7 Å². The van der Waals surface area contributed by atoms with Crippen molar-refractivity contribution in [3.63, 3.8) is 0 Å². The lowest BCUT2D eigenvalue weighted by atomic mass is 10.0. The lowest BCUT2D eigenvalue weighted by molar-refractivity contribution is 0.0519. The number of likely N-dealkylation sites (tertiary alicyclic amines) is 1. The molecule has 4 aromatic rings. The summed E-state index contributed by atoms with van der Waals surface area (Å²) in [4.78, 5) is 31.1. The molecule has 5 rings (SSSR count). The van der Waals surface area contributed by atoms with Crippen LogP contribution in [0.15, 0.2) is 72.8 Å². The van der Waals surface area contributed by atoms with Crippen molar-refractivity contribution >= 4 is 22.9 Å². The summed E-state index contributed by atoms with van der Waals surface area (Å²) in [5.41, 5.74) is 2.15. The van der Waals surface area contributed by atoms with Crippen molar-refractivity contribution in [2.45, 2.75) is 45.4 Å². The van der Waals surface area contributed by atoms with E-state index in [0.29, 0.717) is 36.1 Å². The first kappa shape index (κ1) is 29.3. The number of halogens is 2. The second kappa shape index (κ2) is 12.3. The summed E-state index contributed by atoms with van der Waals surface area (Å²) in [6.07, 6.45) is 0.308. The summed E-state index contributed by atoms with van der Waals surface area (Å²) >= 11 is 0. The summed E-state index contributed by atoms with van der Waals surface area (Å²) in [5, 5.41) is 6.49. The summed E-state index contributed by atoms with van der Waals surface area (Å²) in [6, 6.07) is 20.6. The fraction of sp³-hybridized carbons (Fsp3) is 0.333. The molecule has 1 aliphatic heterocycles. The molecule has 42 heavy (non-hydrogen) atoms. The minimum atomic E-state index is -0.579. The van der Waals surface area contributed by atoms with Gasteiger partial charge < -0.3 is 20.4 Å². The van der Waals surface area contributed by atoms with Gasteiger partial charge in [0, 0.05) is 43.2 Å². The Morgan fingerprint density at radius 3 is 2.40 bits per heavy atom. The second-order valence-corrected chi connectivity index (χ2v) is 11.8. The van der Waals surface area contributed by atoms with Crippen molar-refractivity contribution in [3.8, 4) is 11.1 Å². The minimum Gasteiger partial charge on any atom is -0.444 e. The van der Waals surface area contributed by atoms with Gasteiger partial charge in [-0.05, 0) is 62.4 Å². The van der Waals surface area contributed by atoms with Crippen molar-refractivity contribution in [1.82, 2.24) is 20.5 Å². The standard InChI is InChI=1S/C33H36F2N4O3/c1-33(2,3)42-32(41)37-17-22-16-25(39(20-22)19-21-8-5-4-6-9-21)18-36-31(40)30-28(23-12-14-24(34)15-13-23)26-10-7-11-27(35)29(26)38-30/h4-15,22,25,38H,16-20H2,1-3H3,(H,36,40)(H,37,41)/t22-,25+/m1/s1. The average molecular weight is 575 g/mol. The molecule has 0 radical (unpaired) electrons. The van der Waals surface area contributed by atoms with Crippen LogP contribution < -0.4 is 10.6 Å². The molecule has 1 aliphatic rings. The molecule has 0 aliphatic carbocycles.